The van der Waals surface area contributed by atoms with Crippen molar-refractivity contribution in [1.29, 1.82) is 0 Å². The zero-order valence-electron chi connectivity index (χ0n) is 9.50. The zero-order valence-corrected chi connectivity index (χ0v) is 9.50. The molecule has 17 heavy (non-hydrogen) atoms. The fourth-order valence-corrected chi connectivity index (χ4v) is 2.36. The van der Waals surface area contributed by atoms with Crippen molar-refractivity contribution in [1.82, 2.24) is 0 Å². The third-order valence-electron chi connectivity index (χ3n) is 3.34. The van der Waals surface area contributed by atoms with E-state index in [9.17, 15) is 5.11 Å². The quantitative estimate of drug-likeness (QED) is 0.807. The summed E-state index contributed by atoms with van der Waals surface area (Å²) in [5.41, 5.74) is 1.05. The highest BCUT2D eigenvalue weighted by Gasteiger charge is 2.39. The molecule has 0 atom stereocenters. The van der Waals surface area contributed by atoms with Gasteiger partial charge < -0.3 is 19.5 Å². The Morgan fingerprint density at radius 1 is 1.12 bits per heavy atom. The Morgan fingerprint density at radius 3 is 2.47 bits per heavy atom. The van der Waals surface area contributed by atoms with Gasteiger partial charge in [0, 0.05) is 37.7 Å². The van der Waals surface area contributed by atoms with Gasteiger partial charge in [0.2, 0.25) is 0 Å². The molecule has 1 aromatic rings. The molecule has 1 spiro atoms. The maximum atomic E-state index is 9.46. The molecule has 0 bridgehead atoms. The standard InChI is InChI=1S/C13H15NO3/c15-12-3-1-2-11(10-12)14-6-4-13(5-7-14)16-8-9-17-13/h1-3,8-10,15H,4-7H2. The van der Waals surface area contributed by atoms with Gasteiger partial charge in [-0.3, -0.25) is 0 Å². The molecule has 1 aromatic carbocycles. The van der Waals surface area contributed by atoms with Crippen molar-refractivity contribution in [3.8, 4) is 5.75 Å². The molecule has 3 rings (SSSR count). The van der Waals surface area contributed by atoms with E-state index in [0.717, 1.165) is 31.6 Å². The minimum absolute atomic E-state index is 0.304. The van der Waals surface area contributed by atoms with Crippen LogP contribution in [0.3, 0.4) is 0 Å². The van der Waals surface area contributed by atoms with Crippen LogP contribution in [0, 0.1) is 0 Å². The summed E-state index contributed by atoms with van der Waals surface area (Å²) >= 11 is 0. The van der Waals surface area contributed by atoms with Crippen LogP contribution in [0.15, 0.2) is 36.8 Å². The molecule has 1 fully saturated rings. The van der Waals surface area contributed by atoms with Crippen LogP contribution in [0.4, 0.5) is 5.69 Å². The molecule has 2 aliphatic heterocycles. The van der Waals surface area contributed by atoms with Crippen molar-refractivity contribution < 1.29 is 14.6 Å². The van der Waals surface area contributed by atoms with Crippen LogP contribution in [-0.2, 0) is 9.47 Å². The number of benzene rings is 1. The van der Waals surface area contributed by atoms with Crippen molar-refractivity contribution in [2.24, 2.45) is 0 Å². The highest BCUT2D eigenvalue weighted by atomic mass is 16.7. The van der Waals surface area contributed by atoms with Crippen molar-refractivity contribution in [3.63, 3.8) is 0 Å². The Bertz CT molecular complexity index is 426. The summed E-state index contributed by atoms with van der Waals surface area (Å²) in [4.78, 5) is 2.23. The lowest BCUT2D eigenvalue weighted by atomic mass is 10.0. The number of anilines is 1. The largest absolute Gasteiger partial charge is 0.508 e. The second kappa shape index (κ2) is 3.87. The van der Waals surface area contributed by atoms with Gasteiger partial charge in [-0.1, -0.05) is 6.07 Å². The van der Waals surface area contributed by atoms with Gasteiger partial charge in [-0.05, 0) is 12.1 Å². The van der Waals surface area contributed by atoms with Crippen molar-refractivity contribution >= 4 is 5.69 Å². The molecular formula is C13H15NO3. The third kappa shape index (κ3) is 1.90. The average Bonchev–Trinajstić information content (AvgIpc) is 2.79. The molecule has 0 aromatic heterocycles. The first kappa shape index (κ1) is 10.3. The normalized spacial score (nSPS) is 21.3. The van der Waals surface area contributed by atoms with Crippen LogP contribution in [0.25, 0.3) is 0 Å². The van der Waals surface area contributed by atoms with Gasteiger partial charge in [-0.25, -0.2) is 0 Å². The molecule has 1 N–H and O–H groups in total. The predicted molar refractivity (Wildman–Crippen MR) is 63.6 cm³/mol. The van der Waals surface area contributed by atoms with Gasteiger partial charge >= 0.3 is 0 Å². The minimum atomic E-state index is -0.437. The molecule has 0 aliphatic carbocycles. The first-order chi connectivity index (χ1) is 8.27. The second-order valence-corrected chi connectivity index (χ2v) is 4.43. The summed E-state index contributed by atoms with van der Waals surface area (Å²) in [5.74, 6) is -0.134. The summed E-state index contributed by atoms with van der Waals surface area (Å²) in [6, 6.07) is 7.33. The van der Waals surface area contributed by atoms with E-state index < -0.39 is 5.79 Å². The van der Waals surface area contributed by atoms with Crippen molar-refractivity contribution in [2.45, 2.75) is 18.6 Å². The molecule has 2 aliphatic rings. The van der Waals surface area contributed by atoms with E-state index >= 15 is 0 Å². The fourth-order valence-electron chi connectivity index (χ4n) is 2.36. The van der Waals surface area contributed by atoms with Gasteiger partial charge in [0.15, 0.2) is 0 Å². The zero-order chi connectivity index (χ0) is 11.7. The van der Waals surface area contributed by atoms with Crippen LogP contribution in [0.1, 0.15) is 12.8 Å². The van der Waals surface area contributed by atoms with Crippen molar-refractivity contribution in [3.05, 3.63) is 36.8 Å². The summed E-state index contributed by atoms with van der Waals surface area (Å²) in [7, 11) is 0. The van der Waals surface area contributed by atoms with Crippen LogP contribution in [0.5, 0.6) is 5.75 Å². The van der Waals surface area contributed by atoms with Gasteiger partial charge in [0.1, 0.15) is 18.3 Å². The van der Waals surface area contributed by atoms with Crippen LogP contribution >= 0.6 is 0 Å². The topological polar surface area (TPSA) is 41.9 Å². The smallest absolute Gasteiger partial charge is 0.253 e. The molecule has 4 nitrogen and oxygen atoms in total. The highest BCUT2D eigenvalue weighted by molar-refractivity contribution is 5.50. The SMILES string of the molecule is Oc1cccc(N2CCC3(CC2)OC=CO3)c1. The van der Waals surface area contributed by atoms with E-state index in [2.05, 4.69) is 4.90 Å². The Labute approximate surface area is 100 Å². The number of aromatic hydroxyl groups is 1. The Kier molecular flexibility index (Phi) is 2.35. The lowest BCUT2D eigenvalue weighted by Crippen LogP contribution is -2.45. The molecule has 4 heteroatoms. The monoisotopic (exact) mass is 233 g/mol. The highest BCUT2D eigenvalue weighted by Crippen LogP contribution is 2.34. The molecular weight excluding hydrogens is 218 g/mol. The Morgan fingerprint density at radius 2 is 1.82 bits per heavy atom. The Hall–Kier alpha value is -1.84. The van der Waals surface area contributed by atoms with Crippen LogP contribution < -0.4 is 4.90 Å². The molecule has 2 heterocycles. The van der Waals surface area contributed by atoms with Crippen LogP contribution in [0.2, 0.25) is 0 Å². The summed E-state index contributed by atoms with van der Waals surface area (Å²) in [6.45, 7) is 1.73. The molecule has 0 saturated carbocycles. The summed E-state index contributed by atoms with van der Waals surface area (Å²) < 4.78 is 11.0. The summed E-state index contributed by atoms with van der Waals surface area (Å²) in [5, 5.41) is 9.46. The van der Waals surface area contributed by atoms with E-state index in [-0.39, 0.29) is 0 Å². The van der Waals surface area contributed by atoms with Crippen LogP contribution in [-0.4, -0.2) is 24.0 Å². The minimum Gasteiger partial charge on any atom is -0.508 e. The number of piperidine rings is 1. The number of phenolic OH excluding ortho intramolecular Hbond substituents is 1. The average molecular weight is 233 g/mol. The molecule has 90 valence electrons. The predicted octanol–water partition coefficient (Wildman–Crippen LogP) is 2.21. The van der Waals surface area contributed by atoms with E-state index in [1.165, 1.54) is 0 Å². The third-order valence-corrected chi connectivity index (χ3v) is 3.34. The van der Waals surface area contributed by atoms with Gasteiger partial charge in [0.05, 0.1) is 0 Å². The number of ether oxygens (including phenoxy) is 2. The number of hydrogen-bond acceptors (Lipinski definition) is 4. The lowest BCUT2D eigenvalue weighted by Gasteiger charge is -2.38. The van der Waals surface area contributed by atoms with Gasteiger partial charge in [0.25, 0.3) is 5.79 Å². The van der Waals surface area contributed by atoms with Gasteiger partial charge in [-0.2, -0.15) is 0 Å². The first-order valence-electron chi connectivity index (χ1n) is 5.82. The lowest BCUT2D eigenvalue weighted by molar-refractivity contribution is -0.154. The van der Waals surface area contributed by atoms with E-state index in [4.69, 9.17) is 9.47 Å². The van der Waals surface area contributed by atoms with E-state index in [1.54, 1.807) is 24.7 Å². The second-order valence-electron chi connectivity index (χ2n) is 4.43. The molecule has 1 saturated heterocycles. The van der Waals surface area contributed by atoms with E-state index in [1.807, 2.05) is 12.1 Å². The summed E-state index contributed by atoms with van der Waals surface area (Å²) in [6.07, 6.45) is 4.89. The van der Waals surface area contributed by atoms with E-state index in [0.29, 0.717) is 5.75 Å². The Balaban J connectivity index is 1.69. The van der Waals surface area contributed by atoms with Crippen molar-refractivity contribution in [2.75, 3.05) is 18.0 Å². The maximum absolute atomic E-state index is 9.46. The first-order valence-corrected chi connectivity index (χ1v) is 5.82. The maximum Gasteiger partial charge on any atom is 0.253 e. The van der Waals surface area contributed by atoms with Gasteiger partial charge in [-0.15, -0.1) is 0 Å². The molecule has 0 radical (unpaired) electrons. The molecule has 0 amide bonds. The number of hydrogen-bond donors (Lipinski definition) is 1. The number of phenols is 1. The number of rotatable bonds is 1. The number of nitrogens with zero attached hydrogens (tertiary/aromatic N) is 1. The fraction of sp³-hybridized carbons (Fsp3) is 0.385. The molecule has 0 unspecified atom stereocenters.